The zero-order chi connectivity index (χ0) is 2.00. The van der Waals surface area contributed by atoms with Gasteiger partial charge in [-0.25, -0.2) is 0 Å². The summed E-state index contributed by atoms with van der Waals surface area (Å²) in [5.41, 5.74) is 0. The van der Waals surface area contributed by atoms with Crippen molar-refractivity contribution in [1.82, 2.24) is 0 Å². The predicted molar refractivity (Wildman–Crippen MR) is 16.6 cm³/mol. The van der Waals surface area contributed by atoms with E-state index in [-0.39, 0.29) is 82.4 Å². The van der Waals surface area contributed by atoms with Crippen LogP contribution in [0, 0.1) is 0 Å². The molecule has 0 rings (SSSR count). The van der Waals surface area contributed by atoms with Crippen LogP contribution in [0.25, 0.3) is 0 Å². The molecule has 0 aliphatic carbocycles. The Bertz CT molecular complexity index is 16.0. The second-order valence-corrected chi connectivity index (χ2v) is 0. The van der Waals surface area contributed by atoms with Crippen molar-refractivity contribution in [3.05, 3.63) is 0 Å². The fourth-order valence-corrected chi connectivity index (χ4v) is 0. The molecular formula is H4BeOSrTa. The first-order valence-electron chi connectivity index (χ1n) is 0.183. The molecule has 0 heterocycles. The van der Waals surface area contributed by atoms with Gasteiger partial charge in [0.15, 0.2) is 0 Å². The van der Waals surface area contributed by atoms with Gasteiger partial charge in [0.25, 0.3) is 0 Å². The van der Waals surface area contributed by atoms with Crippen molar-refractivity contribution in [3.8, 4) is 0 Å². The summed E-state index contributed by atoms with van der Waals surface area (Å²) in [7, 11) is 0. The number of hydrogen-bond acceptors (Lipinski definition) is 1. The van der Waals surface area contributed by atoms with E-state index >= 15 is 0 Å². The molecule has 0 unspecified atom stereocenters. The van der Waals surface area contributed by atoms with Gasteiger partial charge >= 0.3 is 79.9 Å². The van der Waals surface area contributed by atoms with Crippen molar-refractivity contribution in [1.29, 1.82) is 0 Å². The van der Waals surface area contributed by atoms with Crippen molar-refractivity contribution in [2.24, 2.45) is 0 Å². The van der Waals surface area contributed by atoms with E-state index in [1.165, 1.54) is 0 Å². The molecule has 4 heteroatoms. The topological polar surface area (TPSA) is 17.1 Å². The van der Waals surface area contributed by atoms with E-state index in [0.717, 1.165) is 0 Å². The minimum atomic E-state index is 0. The molecule has 0 radical (unpaired) electrons. The Labute approximate surface area is 84.2 Å². The Morgan fingerprint density at radius 1 is 1.50 bits per heavy atom. The molecule has 0 aromatic carbocycles. The van der Waals surface area contributed by atoms with Crippen molar-refractivity contribution in [2.45, 2.75) is 0 Å². The van der Waals surface area contributed by atoms with Crippen molar-refractivity contribution in [3.63, 3.8) is 0 Å². The third-order valence-corrected chi connectivity index (χ3v) is 0. The molecule has 0 aromatic heterocycles. The van der Waals surface area contributed by atoms with Gasteiger partial charge in [-0.1, -0.05) is 0 Å². The Kier molecular flexibility index (Phi) is 77.8. The van der Waals surface area contributed by atoms with E-state index < -0.39 is 0 Å². The van der Waals surface area contributed by atoms with Crippen LogP contribution in [0.5, 0.6) is 0 Å². The molecule has 0 N–H and O–H groups in total. The quantitative estimate of drug-likeness (QED) is 0.555. The average molecular weight is 298 g/mol. The summed E-state index contributed by atoms with van der Waals surface area (Å²) in [6.45, 7) is 0. The van der Waals surface area contributed by atoms with Crippen molar-refractivity contribution in [2.75, 3.05) is 0 Å². The monoisotopic (exact) mass is 298 g/mol. The summed E-state index contributed by atoms with van der Waals surface area (Å²) in [6, 6.07) is 0. The van der Waals surface area contributed by atoms with Crippen LogP contribution < -0.4 is 0 Å². The van der Waals surface area contributed by atoms with Crippen LogP contribution in [0.2, 0.25) is 0 Å². The van der Waals surface area contributed by atoms with Gasteiger partial charge in [0, 0.05) is 0 Å². The summed E-state index contributed by atoms with van der Waals surface area (Å²) in [4.78, 5) is 0. The Morgan fingerprint density at radius 3 is 1.50 bits per heavy atom. The molecule has 0 bridgehead atoms. The molecule has 0 spiro atoms. The zero-order valence-electron chi connectivity index (χ0n) is 6.27. The van der Waals surface area contributed by atoms with Gasteiger partial charge in [-0.05, 0) is 0 Å². The third kappa shape index (κ3) is 8.89. The molecule has 0 fully saturated rings. The summed E-state index contributed by atoms with van der Waals surface area (Å²) >= 11 is 0.194. The molecule has 0 aliphatic heterocycles. The van der Waals surface area contributed by atoms with Gasteiger partial charge in [0.1, 0.15) is 0 Å². The van der Waals surface area contributed by atoms with Crippen LogP contribution in [-0.2, 0) is 24.3 Å². The minimum absolute atomic E-state index is 0. The van der Waals surface area contributed by atoms with Crippen molar-refractivity contribution < 1.29 is 30.0 Å². The van der Waals surface area contributed by atoms with Crippen LogP contribution in [0.4, 0.5) is 0 Å². The van der Waals surface area contributed by atoms with E-state index in [2.05, 4.69) is 0 Å². The Morgan fingerprint density at radius 2 is 1.50 bits per heavy atom. The molecular weight excluding hydrogens is 294 g/mol. The maximum absolute atomic E-state index is 8.36. The van der Waals surface area contributed by atoms with Crippen LogP contribution in [0.3, 0.4) is 0 Å². The van der Waals surface area contributed by atoms with Crippen LogP contribution >= 0.6 is 0 Å². The first-order chi connectivity index (χ1) is 1.00. The smallest absolute Gasteiger partial charge is 2.00 e. The van der Waals surface area contributed by atoms with E-state index in [4.69, 9.17) is 3.25 Å². The van der Waals surface area contributed by atoms with Gasteiger partial charge in [-0.3, -0.25) is 0 Å². The summed E-state index contributed by atoms with van der Waals surface area (Å²) in [6.07, 6.45) is 0. The fraction of sp³-hybridized carbons (Fsp3) is 0. The second kappa shape index (κ2) is 19.0. The first-order valence-corrected chi connectivity index (χ1v) is 1.49. The second-order valence-electron chi connectivity index (χ2n) is 0. The van der Waals surface area contributed by atoms with Crippen LogP contribution in [-0.4, -0.2) is 55.6 Å². The largest absolute Gasteiger partial charge is 2.00 e. The minimum Gasteiger partial charge on any atom is 2.00 e. The maximum atomic E-state index is 8.36. The Balaban J connectivity index is -0.000000000333. The molecule has 19 valence electrons. The maximum Gasteiger partial charge on any atom is 2.00 e. The van der Waals surface area contributed by atoms with E-state index in [1.807, 2.05) is 0 Å². The van der Waals surface area contributed by atoms with Crippen LogP contribution in [0.1, 0.15) is 5.71 Å². The third-order valence-electron chi connectivity index (χ3n) is 0. The standard InChI is InChI=1S/Be.O.Sr.Ta.4H/q+2;;+2;;4*-1. The van der Waals surface area contributed by atoms with Crippen LogP contribution in [0.15, 0.2) is 0 Å². The van der Waals surface area contributed by atoms with Crippen molar-refractivity contribution >= 4 is 55.6 Å². The SMILES string of the molecule is [Be+2].[H-].[H-].[H-].[H-].[O]=[Ta].[Sr+2]. The van der Waals surface area contributed by atoms with Gasteiger partial charge in [0.2, 0.25) is 0 Å². The van der Waals surface area contributed by atoms with E-state index in [9.17, 15) is 0 Å². The molecule has 0 saturated carbocycles. The molecule has 0 amide bonds. The molecule has 4 heavy (non-hydrogen) atoms. The summed E-state index contributed by atoms with van der Waals surface area (Å²) < 4.78 is 8.36. The van der Waals surface area contributed by atoms with Gasteiger partial charge in [-0.2, -0.15) is 0 Å². The summed E-state index contributed by atoms with van der Waals surface area (Å²) in [5.74, 6) is 0. The number of hydrogen-bond donors (Lipinski definition) is 0. The zero-order valence-corrected chi connectivity index (χ0v) is 8.96. The van der Waals surface area contributed by atoms with E-state index in [0.29, 0.717) is 0 Å². The van der Waals surface area contributed by atoms with Gasteiger partial charge in [0.05, 0.1) is 0 Å². The molecule has 1 nitrogen and oxygen atoms in total. The fourth-order valence-electron chi connectivity index (χ4n) is 0. The van der Waals surface area contributed by atoms with Gasteiger partial charge < -0.3 is 5.71 Å². The predicted octanol–water partition coefficient (Wildman–Crippen LogP) is -0.433. The molecule has 0 saturated heterocycles. The Hall–Kier alpha value is 2.19. The molecule has 0 aromatic rings. The number of rotatable bonds is 0. The summed E-state index contributed by atoms with van der Waals surface area (Å²) in [5, 5.41) is 0. The molecule has 0 atom stereocenters. The van der Waals surface area contributed by atoms with Gasteiger partial charge in [-0.15, -0.1) is 0 Å². The average Bonchev–Trinajstić information content (AvgIpc) is 1.00. The van der Waals surface area contributed by atoms with E-state index in [1.54, 1.807) is 0 Å². The molecule has 0 aliphatic rings. The normalized spacial score (nSPS) is 0.750. The first kappa shape index (κ1) is 16.4.